The molecule has 30 heavy (non-hydrogen) atoms. The third-order valence-electron chi connectivity index (χ3n) is 5.10. The highest BCUT2D eigenvalue weighted by Crippen LogP contribution is 2.28. The summed E-state index contributed by atoms with van der Waals surface area (Å²) in [5.41, 5.74) is 5.10. The minimum Gasteiger partial charge on any atom is -0.323 e. The fourth-order valence-electron chi connectivity index (χ4n) is 3.59. The van der Waals surface area contributed by atoms with Gasteiger partial charge in [-0.2, -0.15) is 0 Å². The molecule has 0 aliphatic heterocycles. The van der Waals surface area contributed by atoms with E-state index in [1.54, 1.807) is 12.1 Å². The molecule has 0 unspecified atom stereocenters. The molecule has 5 aromatic rings. The number of nitrogens with zero attached hydrogens (tertiary/aromatic N) is 4. The van der Waals surface area contributed by atoms with Gasteiger partial charge in [-0.1, -0.05) is 72.4 Å². The van der Waals surface area contributed by atoms with Crippen LogP contribution in [0.4, 0.5) is 4.39 Å². The number of benzene rings is 3. The first-order chi connectivity index (χ1) is 14.8. The summed E-state index contributed by atoms with van der Waals surface area (Å²) in [4.78, 5) is 4.84. The van der Waals surface area contributed by atoms with Gasteiger partial charge in [0.15, 0.2) is 5.65 Å². The third kappa shape index (κ3) is 3.78. The molecule has 6 heteroatoms. The summed E-state index contributed by atoms with van der Waals surface area (Å²) in [7, 11) is 0. The monoisotopic (exact) mass is 414 g/mol. The highest BCUT2D eigenvalue weighted by molar-refractivity contribution is 7.98. The average molecular weight is 415 g/mol. The molecule has 0 radical (unpaired) electrons. The van der Waals surface area contributed by atoms with Crippen LogP contribution in [-0.2, 0) is 18.7 Å². The molecule has 0 saturated carbocycles. The van der Waals surface area contributed by atoms with Crippen molar-refractivity contribution in [2.75, 3.05) is 0 Å². The lowest BCUT2D eigenvalue weighted by atomic mass is 10.1. The van der Waals surface area contributed by atoms with E-state index < -0.39 is 0 Å². The third-order valence-corrected chi connectivity index (χ3v) is 6.01. The molecule has 0 N–H and O–H groups in total. The first kappa shape index (κ1) is 18.8. The van der Waals surface area contributed by atoms with Crippen molar-refractivity contribution in [3.63, 3.8) is 0 Å². The Bertz CT molecular complexity index is 1300. The van der Waals surface area contributed by atoms with Gasteiger partial charge in [0.25, 0.3) is 0 Å². The van der Waals surface area contributed by atoms with Crippen LogP contribution >= 0.6 is 11.8 Å². The number of hydrogen-bond acceptors (Lipinski definition) is 4. The smallest absolute Gasteiger partial charge is 0.211 e. The van der Waals surface area contributed by atoms with Crippen molar-refractivity contribution < 1.29 is 4.39 Å². The van der Waals surface area contributed by atoms with Crippen molar-refractivity contribution >= 4 is 33.8 Å². The SMILES string of the molecule is Fc1ccc(CSc2nnc3c4ccccc4n(CCc4ccccc4)c3n2)cc1. The topological polar surface area (TPSA) is 43.6 Å². The second-order valence-electron chi connectivity index (χ2n) is 7.09. The van der Waals surface area contributed by atoms with Gasteiger partial charge in [0.2, 0.25) is 5.16 Å². The number of rotatable bonds is 6. The van der Waals surface area contributed by atoms with Gasteiger partial charge in [-0.15, -0.1) is 10.2 Å². The Kier molecular flexibility index (Phi) is 5.15. The van der Waals surface area contributed by atoms with Crippen molar-refractivity contribution in [3.05, 3.63) is 95.8 Å². The summed E-state index contributed by atoms with van der Waals surface area (Å²) in [6.45, 7) is 0.814. The molecule has 0 aliphatic carbocycles. The lowest BCUT2D eigenvalue weighted by molar-refractivity contribution is 0.627. The van der Waals surface area contributed by atoms with Crippen molar-refractivity contribution in [1.29, 1.82) is 0 Å². The number of halogens is 1. The van der Waals surface area contributed by atoms with Crippen LogP contribution in [0.15, 0.2) is 84.0 Å². The maximum absolute atomic E-state index is 13.1. The molecular formula is C24H19FN4S. The lowest BCUT2D eigenvalue weighted by Gasteiger charge is -2.07. The fraction of sp³-hybridized carbons (Fsp3) is 0.125. The molecule has 0 atom stereocenters. The summed E-state index contributed by atoms with van der Waals surface area (Å²) in [6.07, 6.45) is 0.913. The van der Waals surface area contributed by atoms with Gasteiger partial charge < -0.3 is 4.57 Å². The van der Waals surface area contributed by atoms with Gasteiger partial charge in [0, 0.05) is 17.7 Å². The van der Waals surface area contributed by atoms with Crippen molar-refractivity contribution in [1.82, 2.24) is 19.7 Å². The van der Waals surface area contributed by atoms with Gasteiger partial charge in [0.1, 0.15) is 11.3 Å². The minimum atomic E-state index is -0.231. The first-order valence-corrected chi connectivity index (χ1v) is 10.8. The summed E-state index contributed by atoms with van der Waals surface area (Å²) < 4.78 is 15.4. The Morgan fingerprint density at radius 3 is 2.40 bits per heavy atom. The Hall–Kier alpha value is -3.25. The van der Waals surface area contributed by atoms with Crippen LogP contribution < -0.4 is 0 Å². The maximum atomic E-state index is 13.1. The Balaban J connectivity index is 1.48. The minimum absolute atomic E-state index is 0.231. The highest BCUT2D eigenvalue weighted by Gasteiger charge is 2.15. The molecule has 0 saturated heterocycles. The fourth-order valence-corrected chi connectivity index (χ4v) is 4.33. The lowest BCUT2D eigenvalue weighted by Crippen LogP contribution is -2.03. The Labute approximate surface area is 177 Å². The van der Waals surface area contributed by atoms with E-state index >= 15 is 0 Å². The normalized spacial score (nSPS) is 11.4. The quantitative estimate of drug-likeness (QED) is 0.337. The zero-order chi connectivity index (χ0) is 20.3. The molecule has 3 aromatic carbocycles. The summed E-state index contributed by atoms with van der Waals surface area (Å²) in [5.74, 6) is 0.434. The Morgan fingerprint density at radius 2 is 1.57 bits per heavy atom. The summed E-state index contributed by atoms with van der Waals surface area (Å²) >= 11 is 1.51. The molecule has 0 fully saturated rings. The molecule has 5 rings (SSSR count). The van der Waals surface area contributed by atoms with E-state index in [2.05, 4.69) is 51.2 Å². The molecule has 4 nitrogen and oxygen atoms in total. The number of para-hydroxylation sites is 1. The van der Waals surface area contributed by atoms with E-state index in [4.69, 9.17) is 4.98 Å². The van der Waals surface area contributed by atoms with Gasteiger partial charge in [0.05, 0.1) is 5.52 Å². The largest absolute Gasteiger partial charge is 0.323 e. The molecular weight excluding hydrogens is 395 g/mol. The molecule has 2 aromatic heterocycles. The Morgan fingerprint density at radius 1 is 0.800 bits per heavy atom. The molecule has 148 valence electrons. The molecule has 0 aliphatic rings. The van der Waals surface area contributed by atoms with E-state index in [1.807, 2.05) is 18.2 Å². The van der Waals surface area contributed by atoms with E-state index in [-0.39, 0.29) is 5.82 Å². The van der Waals surface area contributed by atoms with Crippen molar-refractivity contribution in [2.24, 2.45) is 0 Å². The number of aryl methyl sites for hydroxylation is 2. The van der Waals surface area contributed by atoms with E-state index in [1.165, 1.54) is 29.5 Å². The number of fused-ring (bicyclic) bond motifs is 3. The second-order valence-corrected chi connectivity index (χ2v) is 8.03. The van der Waals surface area contributed by atoms with Gasteiger partial charge in [-0.05, 0) is 35.7 Å². The highest BCUT2D eigenvalue weighted by atomic mass is 32.2. The summed E-state index contributed by atoms with van der Waals surface area (Å²) in [5, 5.41) is 10.5. The number of thioether (sulfide) groups is 1. The van der Waals surface area contributed by atoms with Gasteiger partial charge in [-0.3, -0.25) is 0 Å². The van der Waals surface area contributed by atoms with Crippen molar-refractivity contribution in [2.45, 2.75) is 23.9 Å². The predicted molar refractivity (Wildman–Crippen MR) is 119 cm³/mol. The van der Waals surface area contributed by atoms with Crippen LogP contribution in [0.5, 0.6) is 0 Å². The number of aromatic nitrogens is 4. The van der Waals surface area contributed by atoms with Crippen LogP contribution in [-0.4, -0.2) is 19.7 Å². The molecule has 2 heterocycles. The van der Waals surface area contributed by atoms with E-state index in [9.17, 15) is 4.39 Å². The standard InChI is InChI=1S/C24H19FN4S/c25-19-12-10-18(11-13-19)16-30-24-26-23-22(27-28-24)20-8-4-5-9-21(20)29(23)15-14-17-6-2-1-3-7-17/h1-13H,14-16H2. The molecule has 0 spiro atoms. The van der Waals surface area contributed by atoms with E-state index in [0.29, 0.717) is 10.9 Å². The first-order valence-electron chi connectivity index (χ1n) is 9.81. The predicted octanol–water partition coefficient (Wildman–Crippen LogP) is 5.65. The van der Waals surface area contributed by atoms with Gasteiger partial charge in [-0.25, -0.2) is 9.37 Å². The van der Waals surface area contributed by atoms with Crippen LogP contribution in [0.2, 0.25) is 0 Å². The van der Waals surface area contributed by atoms with Crippen LogP contribution in [0.1, 0.15) is 11.1 Å². The summed E-state index contributed by atoms with van der Waals surface area (Å²) in [6, 6.07) is 25.2. The van der Waals surface area contributed by atoms with Crippen molar-refractivity contribution in [3.8, 4) is 0 Å². The van der Waals surface area contributed by atoms with Crippen LogP contribution in [0, 0.1) is 5.82 Å². The zero-order valence-corrected chi connectivity index (χ0v) is 17.0. The molecule has 0 amide bonds. The van der Waals surface area contributed by atoms with Gasteiger partial charge >= 0.3 is 0 Å². The second kappa shape index (κ2) is 8.24. The molecule has 0 bridgehead atoms. The van der Waals surface area contributed by atoms with Crippen LogP contribution in [0.3, 0.4) is 0 Å². The van der Waals surface area contributed by atoms with Crippen LogP contribution in [0.25, 0.3) is 22.1 Å². The zero-order valence-electron chi connectivity index (χ0n) is 16.2. The maximum Gasteiger partial charge on any atom is 0.211 e. The number of hydrogen-bond donors (Lipinski definition) is 0. The average Bonchev–Trinajstić information content (AvgIpc) is 3.11. The van der Waals surface area contributed by atoms with E-state index in [0.717, 1.165) is 40.6 Å².